The van der Waals surface area contributed by atoms with Gasteiger partial charge in [-0.15, -0.1) is 0 Å². The Morgan fingerprint density at radius 2 is 2.00 bits per heavy atom. The maximum absolute atomic E-state index is 4.76. The first kappa shape index (κ1) is 13.1. The number of rotatable bonds is 5. The minimum Gasteiger partial charge on any atom is -0.319 e. The number of hydrogen-bond donors (Lipinski definition) is 1. The van der Waals surface area contributed by atoms with Crippen molar-refractivity contribution < 1.29 is 0 Å². The highest BCUT2D eigenvalue weighted by atomic mass is 15.3. The smallest absolute Gasteiger partial charge is 0.0709 e. The summed E-state index contributed by atoms with van der Waals surface area (Å²) in [7, 11) is 2.00. The van der Waals surface area contributed by atoms with Crippen LogP contribution in [-0.2, 0) is 13.0 Å². The second-order valence-corrected chi connectivity index (χ2v) is 5.65. The SMILES string of the molecule is CCn1nc(CC(C)(C)CNC)c2ccccc21. The Morgan fingerprint density at radius 3 is 2.67 bits per heavy atom. The lowest BCUT2D eigenvalue weighted by atomic mass is 9.87. The van der Waals surface area contributed by atoms with Gasteiger partial charge in [0.2, 0.25) is 0 Å². The van der Waals surface area contributed by atoms with Crippen LogP contribution in [-0.4, -0.2) is 23.4 Å². The van der Waals surface area contributed by atoms with E-state index in [9.17, 15) is 0 Å². The minimum absolute atomic E-state index is 0.227. The van der Waals surface area contributed by atoms with Crippen molar-refractivity contribution in [2.24, 2.45) is 5.41 Å². The predicted octanol–water partition coefficient (Wildman–Crippen LogP) is 2.84. The molecule has 0 radical (unpaired) electrons. The quantitative estimate of drug-likeness (QED) is 0.878. The van der Waals surface area contributed by atoms with Gasteiger partial charge in [-0.25, -0.2) is 0 Å². The summed E-state index contributed by atoms with van der Waals surface area (Å²) in [6.45, 7) is 8.63. The first-order chi connectivity index (χ1) is 8.57. The van der Waals surface area contributed by atoms with Crippen molar-refractivity contribution in [2.75, 3.05) is 13.6 Å². The van der Waals surface area contributed by atoms with E-state index in [0.29, 0.717) is 0 Å². The molecule has 1 heterocycles. The van der Waals surface area contributed by atoms with Gasteiger partial charge in [-0.2, -0.15) is 5.10 Å². The van der Waals surface area contributed by atoms with Crippen molar-refractivity contribution in [1.29, 1.82) is 0 Å². The molecular weight excluding hydrogens is 222 g/mol. The first-order valence-electron chi connectivity index (χ1n) is 6.66. The fourth-order valence-electron chi connectivity index (χ4n) is 2.56. The highest BCUT2D eigenvalue weighted by Crippen LogP contribution is 2.26. The van der Waals surface area contributed by atoms with E-state index in [4.69, 9.17) is 5.10 Å². The number of nitrogens with zero attached hydrogens (tertiary/aromatic N) is 2. The van der Waals surface area contributed by atoms with Gasteiger partial charge in [0.05, 0.1) is 11.2 Å². The first-order valence-corrected chi connectivity index (χ1v) is 6.66. The van der Waals surface area contributed by atoms with Gasteiger partial charge in [0.1, 0.15) is 0 Å². The summed E-state index contributed by atoms with van der Waals surface area (Å²) >= 11 is 0. The van der Waals surface area contributed by atoms with Gasteiger partial charge in [0.15, 0.2) is 0 Å². The average molecular weight is 245 g/mol. The molecule has 0 unspecified atom stereocenters. The van der Waals surface area contributed by atoms with Crippen LogP contribution in [0.3, 0.4) is 0 Å². The number of fused-ring (bicyclic) bond motifs is 1. The van der Waals surface area contributed by atoms with Gasteiger partial charge >= 0.3 is 0 Å². The second-order valence-electron chi connectivity index (χ2n) is 5.65. The van der Waals surface area contributed by atoms with Gasteiger partial charge in [-0.05, 0) is 31.9 Å². The second kappa shape index (κ2) is 5.11. The molecule has 0 amide bonds. The topological polar surface area (TPSA) is 29.9 Å². The van der Waals surface area contributed by atoms with Crippen LogP contribution in [0.2, 0.25) is 0 Å². The lowest BCUT2D eigenvalue weighted by Gasteiger charge is -2.23. The maximum atomic E-state index is 4.76. The van der Waals surface area contributed by atoms with E-state index < -0.39 is 0 Å². The number of aromatic nitrogens is 2. The Morgan fingerprint density at radius 1 is 1.28 bits per heavy atom. The van der Waals surface area contributed by atoms with E-state index in [2.05, 4.69) is 55.0 Å². The van der Waals surface area contributed by atoms with E-state index in [0.717, 1.165) is 19.5 Å². The van der Waals surface area contributed by atoms with Gasteiger partial charge in [-0.3, -0.25) is 4.68 Å². The van der Waals surface area contributed by atoms with E-state index in [1.54, 1.807) is 0 Å². The summed E-state index contributed by atoms with van der Waals surface area (Å²) in [6.07, 6.45) is 1.00. The molecule has 0 saturated heterocycles. The normalized spacial score (nSPS) is 12.2. The zero-order chi connectivity index (χ0) is 13.2. The summed E-state index contributed by atoms with van der Waals surface area (Å²) in [4.78, 5) is 0. The standard InChI is InChI=1S/C15H23N3/c1-5-18-14-9-7-6-8-12(14)13(17-18)10-15(2,3)11-16-4/h6-9,16H,5,10-11H2,1-4H3. The largest absolute Gasteiger partial charge is 0.319 e. The molecular formula is C15H23N3. The highest BCUT2D eigenvalue weighted by Gasteiger charge is 2.21. The molecule has 1 aromatic carbocycles. The molecule has 2 aromatic rings. The molecule has 3 heteroatoms. The van der Waals surface area contributed by atoms with Crippen molar-refractivity contribution in [3.8, 4) is 0 Å². The Balaban J connectivity index is 2.39. The Labute approximate surface area is 109 Å². The zero-order valence-corrected chi connectivity index (χ0v) is 11.8. The Hall–Kier alpha value is -1.35. The monoisotopic (exact) mass is 245 g/mol. The summed E-state index contributed by atoms with van der Waals surface area (Å²) in [5, 5.41) is 9.32. The zero-order valence-electron chi connectivity index (χ0n) is 11.8. The van der Waals surface area contributed by atoms with Crippen LogP contribution in [0.25, 0.3) is 10.9 Å². The molecule has 3 nitrogen and oxygen atoms in total. The van der Waals surface area contributed by atoms with Gasteiger partial charge in [0.25, 0.3) is 0 Å². The van der Waals surface area contributed by atoms with Crippen molar-refractivity contribution in [2.45, 2.75) is 33.7 Å². The van der Waals surface area contributed by atoms with Gasteiger partial charge in [-0.1, -0.05) is 32.0 Å². The fourth-order valence-corrected chi connectivity index (χ4v) is 2.56. The Bertz CT molecular complexity index is 526. The van der Waals surface area contributed by atoms with Crippen molar-refractivity contribution in [1.82, 2.24) is 15.1 Å². The third-order valence-electron chi connectivity index (χ3n) is 3.34. The minimum atomic E-state index is 0.227. The van der Waals surface area contributed by atoms with E-state index in [1.165, 1.54) is 16.6 Å². The van der Waals surface area contributed by atoms with Crippen LogP contribution >= 0.6 is 0 Å². The number of benzene rings is 1. The summed E-state index contributed by atoms with van der Waals surface area (Å²) < 4.78 is 2.10. The molecule has 98 valence electrons. The molecule has 0 atom stereocenters. The van der Waals surface area contributed by atoms with E-state index in [1.807, 2.05) is 7.05 Å². The summed E-state index contributed by atoms with van der Waals surface area (Å²) in [6, 6.07) is 8.51. The van der Waals surface area contributed by atoms with E-state index in [-0.39, 0.29) is 5.41 Å². The number of hydrogen-bond acceptors (Lipinski definition) is 2. The van der Waals surface area contributed by atoms with Crippen LogP contribution in [0, 0.1) is 5.41 Å². The van der Waals surface area contributed by atoms with Crippen molar-refractivity contribution >= 4 is 10.9 Å². The summed E-state index contributed by atoms with van der Waals surface area (Å²) in [5.41, 5.74) is 2.69. The highest BCUT2D eigenvalue weighted by molar-refractivity contribution is 5.82. The van der Waals surface area contributed by atoms with Gasteiger partial charge in [0, 0.05) is 18.5 Å². The van der Waals surface area contributed by atoms with Crippen LogP contribution in [0.1, 0.15) is 26.5 Å². The molecule has 0 aliphatic heterocycles. The number of nitrogens with one attached hydrogen (secondary N) is 1. The van der Waals surface area contributed by atoms with Gasteiger partial charge < -0.3 is 5.32 Å². The maximum Gasteiger partial charge on any atom is 0.0709 e. The molecule has 1 N–H and O–H groups in total. The lowest BCUT2D eigenvalue weighted by molar-refractivity contribution is 0.346. The predicted molar refractivity (Wildman–Crippen MR) is 76.8 cm³/mol. The third-order valence-corrected chi connectivity index (χ3v) is 3.34. The molecule has 0 saturated carbocycles. The molecule has 18 heavy (non-hydrogen) atoms. The summed E-state index contributed by atoms with van der Waals surface area (Å²) in [5.74, 6) is 0. The Kier molecular flexibility index (Phi) is 3.71. The molecule has 0 spiro atoms. The third kappa shape index (κ3) is 2.56. The molecule has 1 aromatic heterocycles. The van der Waals surface area contributed by atoms with Crippen LogP contribution < -0.4 is 5.32 Å². The van der Waals surface area contributed by atoms with Crippen molar-refractivity contribution in [3.63, 3.8) is 0 Å². The fraction of sp³-hybridized carbons (Fsp3) is 0.533. The van der Waals surface area contributed by atoms with Crippen LogP contribution in [0.15, 0.2) is 24.3 Å². The molecule has 0 bridgehead atoms. The molecule has 0 fully saturated rings. The number of aryl methyl sites for hydroxylation is 1. The lowest BCUT2D eigenvalue weighted by Crippen LogP contribution is -2.29. The average Bonchev–Trinajstić information content (AvgIpc) is 2.67. The molecule has 2 rings (SSSR count). The van der Waals surface area contributed by atoms with Crippen LogP contribution in [0.4, 0.5) is 0 Å². The van der Waals surface area contributed by atoms with E-state index >= 15 is 0 Å². The van der Waals surface area contributed by atoms with Crippen molar-refractivity contribution in [3.05, 3.63) is 30.0 Å². The molecule has 0 aliphatic carbocycles. The van der Waals surface area contributed by atoms with Crippen LogP contribution in [0.5, 0.6) is 0 Å². The number of para-hydroxylation sites is 1. The molecule has 0 aliphatic rings.